The van der Waals surface area contributed by atoms with E-state index in [-0.39, 0.29) is 18.4 Å². The minimum atomic E-state index is -0.395. The normalized spacial score (nSPS) is 29.5. The molecule has 0 aromatic carbocycles. The molecule has 1 amide bonds. The minimum Gasteiger partial charge on any atom is -0.483 e. The maximum Gasteiger partial charge on any atom is 0.290 e. The molecule has 4 rings (SSSR count). The lowest BCUT2D eigenvalue weighted by molar-refractivity contribution is -0.123. The lowest BCUT2D eigenvalue weighted by Crippen LogP contribution is -2.48. The molecule has 3 fully saturated rings. The fourth-order valence-corrected chi connectivity index (χ4v) is 6.33. The molecule has 0 spiro atoms. The van der Waals surface area contributed by atoms with E-state index in [2.05, 4.69) is 27.2 Å². The van der Waals surface area contributed by atoms with Gasteiger partial charge < -0.3 is 15.5 Å². The fraction of sp³-hybridized carbons (Fsp3) is 0.727. The zero-order valence-corrected chi connectivity index (χ0v) is 18.6. The molecular weight excluding hydrogens is 402 g/mol. The van der Waals surface area contributed by atoms with E-state index in [0.29, 0.717) is 11.8 Å². The molecule has 2 aliphatic heterocycles. The van der Waals surface area contributed by atoms with Gasteiger partial charge >= 0.3 is 0 Å². The van der Waals surface area contributed by atoms with Gasteiger partial charge in [-0.15, -0.1) is 11.3 Å². The number of nitrogens with zero attached hydrogens (tertiary/aromatic N) is 2. The molecule has 1 saturated carbocycles. The van der Waals surface area contributed by atoms with E-state index in [1.54, 1.807) is 0 Å². The van der Waals surface area contributed by atoms with Crippen LogP contribution in [0.4, 0.5) is 0 Å². The van der Waals surface area contributed by atoms with Crippen molar-refractivity contribution in [1.82, 2.24) is 15.1 Å². The number of nitrogens with one attached hydrogen (secondary N) is 1. The van der Waals surface area contributed by atoms with Gasteiger partial charge in [-0.05, 0) is 62.7 Å². The van der Waals surface area contributed by atoms with Crippen molar-refractivity contribution in [3.05, 3.63) is 21.9 Å². The Morgan fingerprint density at radius 2 is 1.67 bits per heavy atom. The molecule has 7 nitrogen and oxygen atoms in total. The zero-order chi connectivity index (χ0) is 21.5. The number of carboxylic acid groups (broad SMARTS) is 1. The molecule has 0 unspecified atom stereocenters. The maximum absolute atomic E-state index is 11.4. The maximum atomic E-state index is 11.4. The molecule has 30 heavy (non-hydrogen) atoms. The Hall–Kier alpha value is -1.48. The molecule has 0 radical (unpaired) electrons. The third kappa shape index (κ3) is 6.51. The van der Waals surface area contributed by atoms with Crippen LogP contribution < -0.4 is 5.32 Å². The van der Waals surface area contributed by atoms with Gasteiger partial charge in [-0.25, -0.2) is 0 Å². The molecule has 3 aliphatic rings. The highest BCUT2D eigenvalue weighted by atomic mass is 32.1. The summed E-state index contributed by atoms with van der Waals surface area (Å²) in [6, 6.07) is 4.55. The highest BCUT2D eigenvalue weighted by molar-refractivity contribution is 7.11. The number of likely N-dealkylation sites (tertiary alicyclic amines) is 2. The van der Waals surface area contributed by atoms with Crippen LogP contribution in [0.25, 0.3) is 0 Å². The molecule has 8 heteroatoms. The van der Waals surface area contributed by atoms with Crippen LogP contribution in [0, 0.1) is 11.8 Å². The zero-order valence-electron chi connectivity index (χ0n) is 17.8. The van der Waals surface area contributed by atoms with E-state index in [1.165, 1.54) is 49.0 Å². The summed E-state index contributed by atoms with van der Waals surface area (Å²) < 4.78 is 0. The van der Waals surface area contributed by atoms with Gasteiger partial charge in [-0.3, -0.25) is 19.4 Å². The summed E-state index contributed by atoms with van der Waals surface area (Å²) >= 11 is 1.97. The average molecular weight is 438 g/mol. The Balaban J connectivity index is 0.000000806. The SMILES string of the molecule is CC(=O)N[C@@H]1C[C@@H]2CN(Cc3ccc(CN4CCCCC4)s3)C[C@@H]2C[C@H]1O.O=CO. The summed E-state index contributed by atoms with van der Waals surface area (Å²) in [6.07, 6.45) is 5.41. The van der Waals surface area contributed by atoms with Crippen LogP contribution in [-0.4, -0.2) is 70.7 Å². The number of carbonyl (C=O) groups is 2. The second-order valence-electron chi connectivity index (χ2n) is 8.87. The third-order valence-electron chi connectivity index (χ3n) is 6.53. The summed E-state index contributed by atoms with van der Waals surface area (Å²) in [5.74, 6) is 1.13. The van der Waals surface area contributed by atoms with Gasteiger partial charge in [-0.1, -0.05) is 6.42 Å². The summed E-state index contributed by atoms with van der Waals surface area (Å²) in [7, 11) is 0. The Morgan fingerprint density at radius 1 is 1.10 bits per heavy atom. The van der Waals surface area contributed by atoms with Crippen molar-refractivity contribution in [3.63, 3.8) is 0 Å². The van der Waals surface area contributed by atoms with Crippen molar-refractivity contribution in [2.24, 2.45) is 11.8 Å². The molecule has 1 aromatic rings. The van der Waals surface area contributed by atoms with Crippen LogP contribution in [0.1, 0.15) is 48.8 Å². The van der Waals surface area contributed by atoms with Crippen molar-refractivity contribution < 1.29 is 19.8 Å². The number of piperidine rings is 1. The molecular formula is C22H35N3O4S. The van der Waals surface area contributed by atoms with Crippen LogP contribution >= 0.6 is 11.3 Å². The largest absolute Gasteiger partial charge is 0.483 e. The van der Waals surface area contributed by atoms with Crippen LogP contribution in [0.15, 0.2) is 12.1 Å². The average Bonchev–Trinajstić information content (AvgIpc) is 3.29. The first-order chi connectivity index (χ1) is 14.5. The van der Waals surface area contributed by atoms with E-state index >= 15 is 0 Å². The summed E-state index contributed by atoms with van der Waals surface area (Å²) in [5, 5.41) is 20.2. The van der Waals surface area contributed by atoms with Gasteiger partial charge in [0.05, 0.1) is 12.1 Å². The second kappa shape index (κ2) is 11.2. The number of thiophene rings is 1. The molecule has 2 saturated heterocycles. The van der Waals surface area contributed by atoms with Crippen molar-refractivity contribution in [3.8, 4) is 0 Å². The number of fused-ring (bicyclic) bond motifs is 1. The Kier molecular flexibility index (Phi) is 8.68. The van der Waals surface area contributed by atoms with Crippen molar-refractivity contribution >= 4 is 23.7 Å². The smallest absolute Gasteiger partial charge is 0.290 e. The molecule has 168 valence electrons. The first-order valence-electron chi connectivity index (χ1n) is 11.0. The van der Waals surface area contributed by atoms with E-state index in [4.69, 9.17) is 9.90 Å². The van der Waals surface area contributed by atoms with Gasteiger partial charge in [0.15, 0.2) is 0 Å². The number of carbonyl (C=O) groups excluding carboxylic acids is 1. The fourth-order valence-electron chi connectivity index (χ4n) is 5.22. The number of hydrogen-bond donors (Lipinski definition) is 3. The quantitative estimate of drug-likeness (QED) is 0.611. The number of hydrogen-bond acceptors (Lipinski definition) is 6. The molecule has 3 N–H and O–H groups in total. The van der Waals surface area contributed by atoms with Gasteiger partial charge in [0, 0.05) is 42.9 Å². The second-order valence-corrected chi connectivity index (χ2v) is 10.1. The Morgan fingerprint density at radius 3 is 2.27 bits per heavy atom. The minimum absolute atomic E-state index is 0.0350. The highest BCUT2D eigenvalue weighted by Gasteiger charge is 2.41. The van der Waals surface area contributed by atoms with Gasteiger partial charge in [0.1, 0.15) is 0 Å². The Labute approximate surface area is 183 Å². The lowest BCUT2D eigenvalue weighted by Gasteiger charge is -2.35. The predicted molar refractivity (Wildman–Crippen MR) is 117 cm³/mol. The van der Waals surface area contributed by atoms with Gasteiger partial charge in [0.25, 0.3) is 6.47 Å². The van der Waals surface area contributed by atoms with Crippen LogP contribution in [0.5, 0.6) is 0 Å². The van der Waals surface area contributed by atoms with Crippen molar-refractivity contribution in [2.75, 3.05) is 26.2 Å². The predicted octanol–water partition coefficient (Wildman–Crippen LogP) is 2.14. The number of rotatable bonds is 5. The van der Waals surface area contributed by atoms with E-state index < -0.39 is 6.10 Å². The van der Waals surface area contributed by atoms with Crippen LogP contribution in [0.2, 0.25) is 0 Å². The highest BCUT2D eigenvalue weighted by Crippen LogP contribution is 2.37. The Bertz CT molecular complexity index is 692. The van der Waals surface area contributed by atoms with Crippen molar-refractivity contribution in [1.29, 1.82) is 0 Å². The number of amides is 1. The van der Waals surface area contributed by atoms with Crippen LogP contribution in [0.3, 0.4) is 0 Å². The van der Waals surface area contributed by atoms with E-state index in [9.17, 15) is 9.90 Å². The van der Waals surface area contributed by atoms with Crippen molar-refractivity contribution in [2.45, 2.75) is 64.3 Å². The first-order valence-corrected chi connectivity index (χ1v) is 11.9. The van der Waals surface area contributed by atoms with Gasteiger partial charge in [0.2, 0.25) is 5.91 Å². The third-order valence-corrected chi connectivity index (χ3v) is 7.59. The molecule has 3 heterocycles. The summed E-state index contributed by atoms with van der Waals surface area (Å²) in [5.41, 5.74) is 0. The van der Waals surface area contributed by atoms with E-state index in [1.807, 2.05) is 11.3 Å². The van der Waals surface area contributed by atoms with E-state index in [0.717, 1.165) is 39.0 Å². The molecule has 0 bridgehead atoms. The first kappa shape index (κ1) is 23.2. The molecule has 1 aliphatic carbocycles. The topological polar surface area (TPSA) is 93.1 Å². The number of aliphatic hydroxyl groups excluding tert-OH is 1. The number of aliphatic hydroxyl groups is 1. The molecule has 4 atom stereocenters. The monoisotopic (exact) mass is 437 g/mol. The summed E-state index contributed by atoms with van der Waals surface area (Å²) in [4.78, 5) is 27.8. The molecule has 1 aromatic heterocycles. The van der Waals surface area contributed by atoms with Gasteiger partial charge in [-0.2, -0.15) is 0 Å². The lowest BCUT2D eigenvalue weighted by atomic mass is 9.77. The summed E-state index contributed by atoms with van der Waals surface area (Å²) in [6.45, 7) is 8.10. The van der Waals surface area contributed by atoms with Crippen LogP contribution in [-0.2, 0) is 22.7 Å². The standard InChI is InChI=1S/C21H33N3O2S.CH2O2/c1-15(25)22-20-9-16-11-24(12-17(16)10-21(20)26)14-19-6-5-18(27-19)13-23-7-3-2-4-8-23;2-1-3/h5-6,16-17,20-21,26H,2-4,7-14H2,1H3,(H,22,25);1H,(H,2,3)/t16-,17+,20-,21-;/m1./s1.